The normalized spacial score (nSPS) is 14.0. The predicted octanol–water partition coefficient (Wildman–Crippen LogP) is 4.66. The number of rotatable bonds is 5. The maximum Gasteiger partial charge on any atom is 0.231 e. The van der Waals surface area contributed by atoms with E-state index < -0.39 is 0 Å². The van der Waals surface area contributed by atoms with Gasteiger partial charge in [0.25, 0.3) is 0 Å². The van der Waals surface area contributed by atoms with Crippen LogP contribution in [0.2, 0.25) is 0 Å². The van der Waals surface area contributed by atoms with Crippen LogP contribution in [-0.2, 0) is 0 Å². The number of methoxy groups -OCH3 is 1. The molecule has 0 amide bonds. The zero-order chi connectivity index (χ0) is 17.8. The standard InChI is InChI=1S/C21H20O4/c1-14(2)9-10-24-17-7-8-18-19(13-17)25-20(21(18)22)12-15-5-4-6-16(11-15)23-3/h4-9,11-13H,10H2,1-3H3. The SMILES string of the molecule is COc1cccc(C=C2Oc3cc(OCC=C(C)C)ccc3C2=O)c1. The fourth-order valence-corrected chi connectivity index (χ4v) is 2.44. The predicted molar refractivity (Wildman–Crippen MR) is 97.3 cm³/mol. The first-order valence-electron chi connectivity index (χ1n) is 8.05. The molecule has 128 valence electrons. The summed E-state index contributed by atoms with van der Waals surface area (Å²) in [6.45, 7) is 4.52. The zero-order valence-corrected chi connectivity index (χ0v) is 14.5. The van der Waals surface area contributed by atoms with Crippen LogP contribution < -0.4 is 14.2 Å². The maximum atomic E-state index is 12.5. The monoisotopic (exact) mass is 336 g/mol. The van der Waals surface area contributed by atoms with Crippen LogP contribution in [0.1, 0.15) is 29.8 Å². The molecular formula is C21H20O4. The highest BCUT2D eigenvalue weighted by Gasteiger charge is 2.27. The summed E-state index contributed by atoms with van der Waals surface area (Å²) in [7, 11) is 1.61. The third-order valence-corrected chi connectivity index (χ3v) is 3.77. The van der Waals surface area contributed by atoms with Gasteiger partial charge in [0.15, 0.2) is 5.76 Å². The largest absolute Gasteiger partial charge is 0.497 e. The molecule has 0 saturated carbocycles. The molecule has 0 aliphatic carbocycles. The molecular weight excluding hydrogens is 316 g/mol. The Labute approximate surface area is 147 Å². The van der Waals surface area contributed by atoms with Crippen LogP contribution in [0.15, 0.2) is 59.9 Å². The van der Waals surface area contributed by atoms with Crippen molar-refractivity contribution < 1.29 is 19.0 Å². The number of benzene rings is 2. The third kappa shape index (κ3) is 3.91. The lowest BCUT2D eigenvalue weighted by Gasteiger charge is -2.05. The number of allylic oxidation sites excluding steroid dienone is 2. The van der Waals surface area contributed by atoms with Crippen molar-refractivity contribution in [2.75, 3.05) is 13.7 Å². The van der Waals surface area contributed by atoms with Gasteiger partial charge in [-0.25, -0.2) is 0 Å². The van der Waals surface area contributed by atoms with Crippen LogP contribution >= 0.6 is 0 Å². The van der Waals surface area contributed by atoms with Gasteiger partial charge < -0.3 is 14.2 Å². The highest BCUT2D eigenvalue weighted by Crippen LogP contribution is 2.35. The van der Waals surface area contributed by atoms with Crippen molar-refractivity contribution >= 4 is 11.9 Å². The lowest BCUT2D eigenvalue weighted by atomic mass is 10.1. The van der Waals surface area contributed by atoms with Gasteiger partial charge in [-0.1, -0.05) is 17.7 Å². The minimum atomic E-state index is -0.131. The molecule has 0 spiro atoms. The van der Waals surface area contributed by atoms with Crippen molar-refractivity contribution in [3.8, 4) is 17.2 Å². The summed E-state index contributed by atoms with van der Waals surface area (Å²) >= 11 is 0. The summed E-state index contributed by atoms with van der Waals surface area (Å²) in [6, 6.07) is 12.7. The molecule has 1 aliphatic heterocycles. The Balaban J connectivity index is 1.80. The quantitative estimate of drug-likeness (QED) is 0.588. The molecule has 0 unspecified atom stereocenters. The Morgan fingerprint density at radius 1 is 1.12 bits per heavy atom. The van der Waals surface area contributed by atoms with E-state index in [1.54, 1.807) is 31.4 Å². The van der Waals surface area contributed by atoms with Gasteiger partial charge in [-0.15, -0.1) is 0 Å². The number of ketones is 1. The molecule has 1 heterocycles. The van der Waals surface area contributed by atoms with Crippen LogP contribution in [0.3, 0.4) is 0 Å². The molecule has 0 bridgehead atoms. The van der Waals surface area contributed by atoms with Crippen molar-refractivity contribution in [1.82, 2.24) is 0 Å². The van der Waals surface area contributed by atoms with E-state index in [0.717, 1.165) is 11.3 Å². The Bertz CT molecular complexity index is 858. The molecule has 25 heavy (non-hydrogen) atoms. The summed E-state index contributed by atoms with van der Waals surface area (Å²) in [4.78, 5) is 12.5. The second-order valence-corrected chi connectivity index (χ2v) is 5.97. The maximum absolute atomic E-state index is 12.5. The van der Waals surface area contributed by atoms with Crippen LogP contribution in [0.5, 0.6) is 17.2 Å². The summed E-state index contributed by atoms with van der Waals surface area (Å²) in [5.74, 6) is 2.09. The summed E-state index contributed by atoms with van der Waals surface area (Å²) in [5, 5.41) is 0. The number of carbonyl (C=O) groups excluding carboxylic acids is 1. The smallest absolute Gasteiger partial charge is 0.231 e. The summed E-state index contributed by atoms with van der Waals surface area (Å²) < 4.78 is 16.6. The minimum absolute atomic E-state index is 0.131. The number of carbonyl (C=O) groups is 1. The fourth-order valence-electron chi connectivity index (χ4n) is 2.44. The van der Waals surface area contributed by atoms with Gasteiger partial charge in [-0.2, -0.15) is 0 Å². The van der Waals surface area contributed by atoms with E-state index >= 15 is 0 Å². The Hall–Kier alpha value is -3.01. The van der Waals surface area contributed by atoms with Gasteiger partial charge in [0.2, 0.25) is 5.78 Å². The van der Waals surface area contributed by atoms with E-state index in [1.807, 2.05) is 44.2 Å². The molecule has 0 fully saturated rings. The Morgan fingerprint density at radius 3 is 2.72 bits per heavy atom. The molecule has 0 radical (unpaired) electrons. The lowest BCUT2D eigenvalue weighted by molar-refractivity contribution is 0.101. The Kier molecular flexibility index (Phi) is 4.89. The second kappa shape index (κ2) is 7.26. The average Bonchev–Trinajstić information content (AvgIpc) is 2.90. The summed E-state index contributed by atoms with van der Waals surface area (Å²) in [6.07, 6.45) is 3.71. The number of hydrogen-bond acceptors (Lipinski definition) is 4. The molecule has 0 aromatic heterocycles. The van der Waals surface area contributed by atoms with Crippen molar-refractivity contribution in [3.05, 3.63) is 71.0 Å². The third-order valence-electron chi connectivity index (χ3n) is 3.77. The highest BCUT2D eigenvalue weighted by molar-refractivity contribution is 6.14. The molecule has 4 heteroatoms. The number of hydrogen-bond donors (Lipinski definition) is 0. The highest BCUT2D eigenvalue weighted by atomic mass is 16.5. The zero-order valence-electron chi connectivity index (χ0n) is 14.5. The Morgan fingerprint density at radius 2 is 1.96 bits per heavy atom. The van der Waals surface area contributed by atoms with Gasteiger partial charge in [0.1, 0.15) is 23.9 Å². The van der Waals surface area contributed by atoms with E-state index in [1.165, 1.54) is 5.57 Å². The van der Waals surface area contributed by atoms with Crippen LogP contribution in [0.4, 0.5) is 0 Å². The topological polar surface area (TPSA) is 44.8 Å². The first-order valence-corrected chi connectivity index (χ1v) is 8.05. The first-order chi connectivity index (χ1) is 12.1. The molecule has 0 saturated heterocycles. The van der Waals surface area contributed by atoms with Crippen molar-refractivity contribution in [3.63, 3.8) is 0 Å². The summed E-state index contributed by atoms with van der Waals surface area (Å²) in [5.41, 5.74) is 2.58. The van der Waals surface area contributed by atoms with Crippen LogP contribution in [-0.4, -0.2) is 19.5 Å². The van der Waals surface area contributed by atoms with E-state index in [0.29, 0.717) is 29.4 Å². The molecule has 0 atom stereocenters. The van der Waals surface area contributed by atoms with Gasteiger partial charge in [-0.3, -0.25) is 4.79 Å². The van der Waals surface area contributed by atoms with E-state index in [9.17, 15) is 4.79 Å². The molecule has 1 aliphatic rings. The van der Waals surface area contributed by atoms with Crippen LogP contribution in [0.25, 0.3) is 6.08 Å². The van der Waals surface area contributed by atoms with Gasteiger partial charge in [0.05, 0.1) is 12.7 Å². The van der Waals surface area contributed by atoms with Crippen molar-refractivity contribution in [2.45, 2.75) is 13.8 Å². The van der Waals surface area contributed by atoms with Gasteiger partial charge in [0, 0.05) is 6.07 Å². The van der Waals surface area contributed by atoms with Gasteiger partial charge >= 0.3 is 0 Å². The molecule has 4 nitrogen and oxygen atoms in total. The average molecular weight is 336 g/mol. The number of fused-ring (bicyclic) bond motifs is 1. The molecule has 3 rings (SSSR count). The lowest BCUT2D eigenvalue weighted by Crippen LogP contribution is -1.98. The van der Waals surface area contributed by atoms with Crippen molar-refractivity contribution in [2.24, 2.45) is 0 Å². The van der Waals surface area contributed by atoms with E-state index in [4.69, 9.17) is 14.2 Å². The fraction of sp³-hybridized carbons (Fsp3) is 0.190. The first kappa shape index (κ1) is 16.8. The van der Waals surface area contributed by atoms with E-state index in [-0.39, 0.29) is 5.78 Å². The van der Waals surface area contributed by atoms with Crippen molar-refractivity contribution in [1.29, 1.82) is 0 Å². The van der Waals surface area contributed by atoms with Gasteiger partial charge in [-0.05, 0) is 55.8 Å². The van der Waals surface area contributed by atoms with E-state index in [2.05, 4.69) is 0 Å². The van der Waals surface area contributed by atoms with Crippen LogP contribution in [0, 0.1) is 0 Å². The number of Topliss-reactive ketones (excluding diaryl/α,β-unsaturated/α-hetero) is 1. The number of ether oxygens (including phenoxy) is 3. The molecule has 2 aromatic carbocycles. The minimum Gasteiger partial charge on any atom is -0.497 e. The molecule has 0 N–H and O–H groups in total. The molecule has 2 aromatic rings. The second-order valence-electron chi connectivity index (χ2n) is 5.97.